The first-order chi connectivity index (χ1) is 6.36. The van der Waals surface area contributed by atoms with Gasteiger partial charge in [0.1, 0.15) is 11.3 Å². The quantitative estimate of drug-likeness (QED) is 0.814. The standard InChI is InChI=1S/C8H9N3OS/c1-6-7(2-3-12-6)4-9-8-11-10-5-13-8/h2-3,5H,4H2,1H3,(H,9,11). The van der Waals surface area contributed by atoms with Crippen molar-refractivity contribution >= 4 is 16.5 Å². The smallest absolute Gasteiger partial charge is 0.205 e. The van der Waals surface area contributed by atoms with Gasteiger partial charge in [0.05, 0.1) is 6.26 Å². The van der Waals surface area contributed by atoms with Gasteiger partial charge in [-0.05, 0) is 13.0 Å². The zero-order valence-corrected chi connectivity index (χ0v) is 7.97. The molecule has 0 aromatic carbocycles. The van der Waals surface area contributed by atoms with Crippen LogP contribution in [0, 0.1) is 6.92 Å². The van der Waals surface area contributed by atoms with Gasteiger partial charge in [0, 0.05) is 12.1 Å². The van der Waals surface area contributed by atoms with E-state index in [0.717, 1.165) is 23.0 Å². The van der Waals surface area contributed by atoms with Crippen LogP contribution in [0.2, 0.25) is 0 Å². The van der Waals surface area contributed by atoms with Gasteiger partial charge >= 0.3 is 0 Å². The summed E-state index contributed by atoms with van der Waals surface area (Å²) in [6.45, 7) is 2.68. The molecule has 0 aliphatic rings. The predicted molar refractivity (Wildman–Crippen MR) is 50.7 cm³/mol. The first-order valence-electron chi connectivity index (χ1n) is 3.89. The van der Waals surface area contributed by atoms with Crippen molar-refractivity contribution in [3.05, 3.63) is 29.2 Å². The molecule has 0 saturated heterocycles. The maximum atomic E-state index is 5.16. The van der Waals surface area contributed by atoms with E-state index in [4.69, 9.17) is 4.42 Å². The van der Waals surface area contributed by atoms with Gasteiger partial charge in [0.2, 0.25) is 5.13 Å². The van der Waals surface area contributed by atoms with Crippen LogP contribution in [0.4, 0.5) is 5.13 Å². The maximum Gasteiger partial charge on any atom is 0.205 e. The van der Waals surface area contributed by atoms with Crippen LogP contribution < -0.4 is 5.32 Å². The minimum absolute atomic E-state index is 0.734. The molecule has 68 valence electrons. The summed E-state index contributed by atoms with van der Waals surface area (Å²) in [5, 5.41) is 11.6. The Kier molecular flexibility index (Phi) is 2.27. The Morgan fingerprint density at radius 2 is 2.54 bits per heavy atom. The minimum Gasteiger partial charge on any atom is -0.469 e. The number of furan rings is 1. The molecule has 0 unspecified atom stereocenters. The van der Waals surface area contributed by atoms with Crippen molar-refractivity contribution in [2.24, 2.45) is 0 Å². The summed E-state index contributed by atoms with van der Waals surface area (Å²) >= 11 is 1.49. The average molecular weight is 195 g/mol. The Bertz CT molecular complexity index is 368. The van der Waals surface area contributed by atoms with Gasteiger partial charge < -0.3 is 9.73 Å². The normalized spacial score (nSPS) is 10.2. The number of hydrogen-bond acceptors (Lipinski definition) is 5. The van der Waals surface area contributed by atoms with Crippen LogP contribution in [0.15, 0.2) is 22.3 Å². The van der Waals surface area contributed by atoms with Gasteiger partial charge in [0.25, 0.3) is 0 Å². The molecule has 2 rings (SSSR count). The van der Waals surface area contributed by atoms with Gasteiger partial charge in [-0.2, -0.15) is 0 Å². The van der Waals surface area contributed by atoms with E-state index < -0.39 is 0 Å². The molecular weight excluding hydrogens is 186 g/mol. The van der Waals surface area contributed by atoms with Crippen LogP contribution in [0.5, 0.6) is 0 Å². The third kappa shape index (κ3) is 1.86. The van der Waals surface area contributed by atoms with E-state index >= 15 is 0 Å². The molecule has 0 radical (unpaired) electrons. The van der Waals surface area contributed by atoms with E-state index in [1.54, 1.807) is 11.8 Å². The second-order valence-electron chi connectivity index (χ2n) is 2.60. The molecule has 2 heterocycles. The molecule has 0 fully saturated rings. The summed E-state index contributed by atoms with van der Waals surface area (Å²) in [7, 11) is 0. The lowest BCUT2D eigenvalue weighted by Crippen LogP contribution is -1.98. The topological polar surface area (TPSA) is 51.0 Å². The second kappa shape index (κ2) is 3.57. The zero-order chi connectivity index (χ0) is 9.10. The number of nitrogens with zero attached hydrogens (tertiary/aromatic N) is 2. The fourth-order valence-corrected chi connectivity index (χ4v) is 1.46. The summed E-state index contributed by atoms with van der Waals surface area (Å²) in [6.07, 6.45) is 1.69. The van der Waals surface area contributed by atoms with E-state index in [1.807, 2.05) is 13.0 Å². The molecule has 1 N–H and O–H groups in total. The number of hydrogen-bond donors (Lipinski definition) is 1. The summed E-state index contributed by atoms with van der Waals surface area (Å²) in [4.78, 5) is 0. The molecule has 0 atom stereocenters. The molecule has 0 amide bonds. The minimum atomic E-state index is 0.734. The van der Waals surface area contributed by atoms with E-state index in [2.05, 4.69) is 15.5 Å². The lowest BCUT2D eigenvalue weighted by atomic mass is 10.3. The molecule has 0 spiro atoms. The van der Waals surface area contributed by atoms with Crippen molar-refractivity contribution in [3.63, 3.8) is 0 Å². The molecule has 2 aromatic heterocycles. The van der Waals surface area contributed by atoms with Crippen LogP contribution in [0.25, 0.3) is 0 Å². The van der Waals surface area contributed by atoms with Crippen molar-refractivity contribution in [1.82, 2.24) is 10.2 Å². The van der Waals surface area contributed by atoms with Crippen molar-refractivity contribution < 1.29 is 4.42 Å². The van der Waals surface area contributed by atoms with Gasteiger partial charge in [-0.25, -0.2) is 0 Å². The summed E-state index contributed by atoms with van der Waals surface area (Å²) in [5.74, 6) is 0.942. The van der Waals surface area contributed by atoms with E-state index in [-0.39, 0.29) is 0 Å². The fraction of sp³-hybridized carbons (Fsp3) is 0.250. The monoisotopic (exact) mass is 195 g/mol. The lowest BCUT2D eigenvalue weighted by Gasteiger charge is -1.99. The number of aromatic nitrogens is 2. The summed E-state index contributed by atoms with van der Waals surface area (Å²) < 4.78 is 5.16. The van der Waals surface area contributed by atoms with Crippen molar-refractivity contribution in [1.29, 1.82) is 0 Å². The number of nitrogens with one attached hydrogen (secondary N) is 1. The molecule has 13 heavy (non-hydrogen) atoms. The van der Waals surface area contributed by atoms with Crippen LogP contribution in [-0.2, 0) is 6.54 Å². The molecule has 0 saturated carbocycles. The Hall–Kier alpha value is -1.36. The van der Waals surface area contributed by atoms with Gasteiger partial charge in [0.15, 0.2) is 0 Å². The molecule has 0 aliphatic carbocycles. The number of rotatable bonds is 3. The van der Waals surface area contributed by atoms with Crippen LogP contribution in [-0.4, -0.2) is 10.2 Å². The van der Waals surface area contributed by atoms with Gasteiger partial charge in [-0.3, -0.25) is 0 Å². The first-order valence-corrected chi connectivity index (χ1v) is 4.77. The average Bonchev–Trinajstić information content (AvgIpc) is 2.72. The van der Waals surface area contributed by atoms with Crippen molar-refractivity contribution in [2.45, 2.75) is 13.5 Å². The van der Waals surface area contributed by atoms with Crippen LogP contribution in [0.3, 0.4) is 0 Å². The van der Waals surface area contributed by atoms with E-state index in [9.17, 15) is 0 Å². The highest BCUT2D eigenvalue weighted by molar-refractivity contribution is 7.13. The van der Waals surface area contributed by atoms with Crippen LogP contribution in [0.1, 0.15) is 11.3 Å². The number of aryl methyl sites for hydroxylation is 1. The van der Waals surface area contributed by atoms with Crippen molar-refractivity contribution in [3.8, 4) is 0 Å². The lowest BCUT2D eigenvalue weighted by molar-refractivity contribution is 0.530. The highest BCUT2D eigenvalue weighted by Gasteiger charge is 2.01. The second-order valence-corrected chi connectivity index (χ2v) is 3.43. The maximum absolute atomic E-state index is 5.16. The Morgan fingerprint density at radius 3 is 3.15 bits per heavy atom. The van der Waals surface area contributed by atoms with E-state index in [1.165, 1.54) is 11.3 Å². The highest BCUT2D eigenvalue weighted by atomic mass is 32.1. The Morgan fingerprint density at radius 1 is 1.62 bits per heavy atom. The van der Waals surface area contributed by atoms with E-state index in [0.29, 0.717) is 0 Å². The molecule has 5 heteroatoms. The SMILES string of the molecule is Cc1occc1CNc1nncs1. The molecule has 2 aromatic rings. The van der Waals surface area contributed by atoms with Gasteiger partial charge in [-0.15, -0.1) is 10.2 Å². The summed E-state index contributed by atoms with van der Waals surface area (Å²) in [6, 6.07) is 1.95. The molecule has 0 bridgehead atoms. The number of anilines is 1. The fourth-order valence-electron chi connectivity index (χ4n) is 1.02. The third-order valence-corrected chi connectivity index (χ3v) is 2.41. The molecule has 0 aliphatic heterocycles. The molecule has 4 nitrogen and oxygen atoms in total. The Balaban J connectivity index is 1.97. The zero-order valence-electron chi connectivity index (χ0n) is 7.15. The third-order valence-electron chi connectivity index (χ3n) is 1.76. The summed E-state index contributed by atoms with van der Waals surface area (Å²) in [5.41, 5.74) is 2.85. The van der Waals surface area contributed by atoms with Gasteiger partial charge in [-0.1, -0.05) is 11.3 Å². The highest BCUT2D eigenvalue weighted by Crippen LogP contribution is 2.13. The first kappa shape index (κ1) is 8.25. The van der Waals surface area contributed by atoms with Crippen molar-refractivity contribution in [2.75, 3.05) is 5.32 Å². The predicted octanol–water partition coefficient (Wildman–Crippen LogP) is 2.05. The molecular formula is C8H9N3OS. The largest absolute Gasteiger partial charge is 0.469 e. The van der Waals surface area contributed by atoms with Crippen LogP contribution >= 0.6 is 11.3 Å². The Labute approximate surface area is 79.6 Å².